The third-order valence-corrected chi connectivity index (χ3v) is 26.3. The SMILES string of the molecule is CCCCCCCCC1(CCCCCCCC)c2cc(N(c3ccc4c(c3)C3(c5ccccc5-c5ccccc53)c3cc(-c5ccccc5)c5oc6ccccc6c5c3-4)c3c(C)cc(C)cc3C)ccc2-c2cc3c(cc21)-c1c(ccc2oc4ccccc4c12)C3(CCCCCCCC)CCCCCCCC. The van der Waals surface area contributed by atoms with Crippen molar-refractivity contribution >= 4 is 60.9 Å². The van der Waals surface area contributed by atoms with E-state index in [4.69, 9.17) is 8.83 Å². The Labute approximate surface area is 638 Å². The zero-order valence-corrected chi connectivity index (χ0v) is 65.2. The van der Waals surface area contributed by atoms with E-state index in [1.54, 1.807) is 22.3 Å². The van der Waals surface area contributed by atoms with Crippen LogP contribution in [0.1, 0.15) is 269 Å². The van der Waals surface area contributed by atoms with Gasteiger partial charge in [-0.1, -0.05) is 333 Å². The van der Waals surface area contributed by atoms with Crippen LogP contribution in [-0.2, 0) is 16.2 Å². The van der Waals surface area contributed by atoms with Crippen LogP contribution in [0.3, 0.4) is 0 Å². The predicted molar refractivity (Wildman–Crippen MR) is 456 cm³/mol. The maximum absolute atomic E-state index is 7.18. The van der Waals surface area contributed by atoms with E-state index >= 15 is 0 Å². The molecule has 2 aromatic heterocycles. The molecular formula is C104H111NO2. The zero-order chi connectivity index (χ0) is 72.8. The molecule has 4 aliphatic rings. The molecule has 4 aliphatic carbocycles. The Bertz CT molecular complexity index is 5340. The van der Waals surface area contributed by atoms with Crippen molar-refractivity contribution in [3.63, 3.8) is 0 Å². The van der Waals surface area contributed by atoms with Crippen LogP contribution in [0.4, 0.5) is 17.1 Å². The molecule has 0 fully saturated rings. The Hall–Kier alpha value is -9.18. The number of hydrogen-bond acceptors (Lipinski definition) is 3. The smallest absolute Gasteiger partial charge is 0.143 e. The fourth-order valence-electron chi connectivity index (χ4n) is 21.5. The summed E-state index contributed by atoms with van der Waals surface area (Å²) in [5.41, 5.74) is 35.3. The number of nitrogens with zero attached hydrogens (tertiary/aromatic N) is 1. The van der Waals surface area contributed by atoms with Gasteiger partial charge in [0.1, 0.15) is 22.3 Å². The molecule has 0 N–H and O–H groups in total. The molecule has 3 nitrogen and oxygen atoms in total. The molecule has 1 spiro atoms. The van der Waals surface area contributed by atoms with Crippen LogP contribution < -0.4 is 4.90 Å². The summed E-state index contributed by atoms with van der Waals surface area (Å²) < 4.78 is 14.2. The van der Waals surface area contributed by atoms with E-state index in [9.17, 15) is 0 Å². The molecule has 0 radical (unpaired) electrons. The van der Waals surface area contributed by atoms with E-state index in [0.717, 1.165) is 51.7 Å². The lowest BCUT2D eigenvalue weighted by Crippen LogP contribution is -2.27. The highest BCUT2D eigenvalue weighted by Crippen LogP contribution is 2.68. The van der Waals surface area contributed by atoms with Crippen LogP contribution in [0, 0.1) is 20.8 Å². The second kappa shape index (κ2) is 30.1. The fourth-order valence-corrected chi connectivity index (χ4v) is 21.5. The summed E-state index contributed by atoms with van der Waals surface area (Å²) in [5, 5.41) is 4.92. The standard InChI is InChI=1S/C104H111NO2/c1-8-12-16-20-24-39-59-102(60-40-25-21-17-13-9-2)87-57-58-95-98(80-47-33-37-51-93(80)106-95)97(87)84-69-89-83(68-90(84)102)78-55-53-74(65-88(78)103(89,61-41-26-22-18-14-10-3)62-42-27-23-19-15-11-4)105(100-71(6)63-70(5)64-72(100)7)75-54-56-79-91(66-75)104(85-49-35-31-45-76(85)77-46-32-36-50-86(77)104)92-67-82(73-43-29-28-30-44-73)101-99(96(79)92)81-48-34-38-52-94(81)107-101/h28-38,43-58,63-69H,8-27,39-42,59-62H2,1-7H3. The summed E-state index contributed by atoms with van der Waals surface area (Å²) in [4.78, 5) is 2.72. The van der Waals surface area contributed by atoms with Gasteiger partial charge in [-0.2, -0.15) is 0 Å². The van der Waals surface area contributed by atoms with Gasteiger partial charge in [-0.05, 0) is 213 Å². The number of rotatable bonds is 32. The number of hydrogen-bond donors (Lipinski definition) is 0. The van der Waals surface area contributed by atoms with Gasteiger partial charge >= 0.3 is 0 Å². The molecular weight excluding hydrogens is 1300 g/mol. The van der Waals surface area contributed by atoms with Crippen molar-refractivity contribution in [3.8, 4) is 55.6 Å². The monoisotopic (exact) mass is 1410 g/mol. The van der Waals surface area contributed by atoms with Crippen molar-refractivity contribution in [2.24, 2.45) is 0 Å². The van der Waals surface area contributed by atoms with Crippen LogP contribution in [0.25, 0.3) is 99.5 Å². The highest BCUT2D eigenvalue weighted by atomic mass is 16.3. The first-order valence-electron chi connectivity index (χ1n) is 42.2. The van der Waals surface area contributed by atoms with Crippen molar-refractivity contribution in [1.29, 1.82) is 0 Å². The summed E-state index contributed by atoms with van der Waals surface area (Å²) in [6.07, 6.45) is 35.4. The van der Waals surface area contributed by atoms with Crippen molar-refractivity contribution in [2.75, 3.05) is 4.90 Å². The van der Waals surface area contributed by atoms with Gasteiger partial charge in [0.15, 0.2) is 0 Å². The first-order chi connectivity index (χ1) is 52.7. The van der Waals surface area contributed by atoms with Gasteiger partial charge in [-0.3, -0.25) is 0 Å². The average Bonchev–Trinajstić information content (AvgIpc) is 1.51. The molecule has 0 unspecified atom stereocenters. The van der Waals surface area contributed by atoms with E-state index in [2.05, 4.69) is 260 Å². The first kappa shape index (κ1) is 70.8. The van der Waals surface area contributed by atoms with Gasteiger partial charge in [0.2, 0.25) is 0 Å². The quantitative estimate of drug-likeness (QED) is 0.0394. The Morgan fingerprint density at radius 1 is 0.290 bits per heavy atom. The largest absolute Gasteiger partial charge is 0.456 e. The first-order valence-corrected chi connectivity index (χ1v) is 42.2. The van der Waals surface area contributed by atoms with Gasteiger partial charge in [0, 0.05) is 49.3 Å². The Morgan fingerprint density at radius 3 is 1.30 bits per heavy atom. The topological polar surface area (TPSA) is 29.5 Å². The summed E-state index contributed by atoms with van der Waals surface area (Å²) in [5.74, 6) is 0. The molecule has 11 aromatic carbocycles. The third-order valence-electron chi connectivity index (χ3n) is 26.3. The molecule has 0 atom stereocenters. The van der Waals surface area contributed by atoms with Gasteiger partial charge < -0.3 is 13.7 Å². The molecule has 2 heterocycles. The van der Waals surface area contributed by atoms with Crippen molar-refractivity contribution in [3.05, 3.63) is 267 Å². The number of benzene rings is 11. The molecule has 13 aromatic rings. The maximum Gasteiger partial charge on any atom is 0.143 e. The van der Waals surface area contributed by atoms with E-state index in [1.807, 2.05) is 0 Å². The van der Waals surface area contributed by atoms with Crippen LogP contribution in [-0.4, -0.2) is 0 Å². The predicted octanol–water partition coefficient (Wildman–Crippen LogP) is 31.4. The lowest BCUT2D eigenvalue weighted by molar-refractivity contribution is 0.394. The number of para-hydroxylation sites is 2. The van der Waals surface area contributed by atoms with Crippen LogP contribution in [0.2, 0.25) is 0 Å². The second-order valence-electron chi connectivity index (χ2n) is 33.0. The highest BCUT2D eigenvalue weighted by molar-refractivity contribution is 6.20. The number of aryl methyl sites for hydroxylation is 3. The van der Waals surface area contributed by atoms with Gasteiger partial charge in [-0.15, -0.1) is 0 Å². The molecule has 0 aliphatic heterocycles. The van der Waals surface area contributed by atoms with Crippen molar-refractivity contribution < 1.29 is 8.83 Å². The molecule has 0 saturated heterocycles. The minimum Gasteiger partial charge on any atom is -0.456 e. The van der Waals surface area contributed by atoms with Crippen LogP contribution in [0.5, 0.6) is 0 Å². The lowest BCUT2D eigenvalue weighted by Gasteiger charge is -2.36. The molecule has 17 rings (SSSR count). The Kier molecular flexibility index (Phi) is 19.9. The average molecular weight is 1410 g/mol. The number of anilines is 3. The molecule has 0 amide bonds. The molecule has 3 heteroatoms. The zero-order valence-electron chi connectivity index (χ0n) is 65.2. The van der Waals surface area contributed by atoms with Crippen LogP contribution in [0.15, 0.2) is 215 Å². The summed E-state index contributed by atoms with van der Waals surface area (Å²) in [7, 11) is 0. The second-order valence-corrected chi connectivity index (χ2v) is 33.0. The number of unbranched alkanes of at least 4 members (excludes halogenated alkanes) is 20. The van der Waals surface area contributed by atoms with Gasteiger partial charge in [0.05, 0.1) is 11.1 Å². The van der Waals surface area contributed by atoms with Crippen molar-refractivity contribution in [2.45, 2.75) is 244 Å². The minimum atomic E-state index is -0.650. The Morgan fingerprint density at radius 2 is 0.720 bits per heavy atom. The normalized spacial score (nSPS) is 14.3. The summed E-state index contributed by atoms with van der Waals surface area (Å²) >= 11 is 0. The third kappa shape index (κ3) is 12.0. The molecule has 544 valence electrons. The Balaban J connectivity index is 0.909. The van der Waals surface area contributed by atoms with E-state index in [0.29, 0.717) is 0 Å². The van der Waals surface area contributed by atoms with Gasteiger partial charge in [0.25, 0.3) is 0 Å². The molecule has 107 heavy (non-hydrogen) atoms. The fraction of sp³-hybridized carbons (Fsp3) is 0.365. The van der Waals surface area contributed by atoms with Crippen LogP contribution >= 0.6 is 0 Å². The van der Waals surface area contributed by atoms with E-state index in [1.165, 1.54) is 284 Å². The molecule has 0 saturated carbocycles. The maximum atomic E-state index is 7.18. The van der Waals surface area contributed by atoms with Gasteiger partial charge in [-0.25, -0.2) is 0 Å². The summed E-state index contributed by atoms with van der Waals surface area (Å²) in [6.45, 7) is 16.5. The van der Waals surface area contributed by atoms with E-state index in [-0.39, 0.29) is 10.8 Å². The summed E-state index contributed by atoms with van der Waals surface area (Å²) in [6, 6.07) is 81.1. The lowest BCUT2D eigenvalue weighted by atomic mass is 9.68. The minimum absolute atomic E-state index is 0.118. The molecule has 0 bridgehead atoms. The van der Waals surface area contributed by atoms with E-state index < -0.39 is 5.41 Å². The van der Waals surface area contributed by atoms with Crippen molar-refractivity contribution in [1.82, 2.24) is 0 Å². The number of furan rings is 2. The highest BCUT2D eigenvalue weighted by Gasteiger charge is 2.54. The number of fused-ring (bicyclic) bond motifs is 24.